The molecule has 2 aromatic rings. The van der Waals surface area contributed by atoms with Crippen LogP contribution in [0, 0.1) is 5.82 Å². The number of aliphatic hydroxyl groups excluding tert-OH is 1. The van der Waals surface area contributed by atoms with Crippen molar-refractivity contribution in [2.24, 2.45) is 5.73 Å². The largest absolute Gasteiger partial charge is 0.387 e. The van der Waals surface area contributed by atoms with E-state index in [1.807, 2.05) is 0 Å². The second-order valence-electron chi connectivity index (χ2n) is 3.87. The third-order valence-corrected chi connectivity index (χ3v) is 2.67. The molecule has 0 aliphatic rings. The van der Waals surface area contributed by atoms with Crippen LogP contribution in [0.1, 0.15) is 24.6 Å². The molecule has 1 heterocycles. The summed E-state index contributed by atoms with van der Waals surface area (Å²) in [5.74, 6) is -0.272. The lowest BCUT2D eigenvalue weighted by Gasteiger charge is -2.06. The molecule has 4 N–H and O–H groups in total. The first-order chi connectivity index (χ1) is 7.72. The van der Waals surface area contributed by atoms with Gasteiger partial charge in [-0.05, 0) is 37.6 Å². The van der Waals surface area contributed by atoms with Crippen molar-refractivity contribution >= 4 is 10.9 Å². The van der Waals surface area contributed by atoms with E-state index >= 15 is 0 Å². The van der Waals surface area contributed by atoms with E-state index in [4.69, 9.17) is 5.73 Å². The summed E-state index contributed by atoms with van der Waals surface area (Å²) in [5, 5.41) is 10.4. The van der Waals surface area contributed by atoms with Crippen molar-refractivity contribution in [3.63, 3.8) is 0 Å². The number of hydrogen-bond donors (Lipinski definition) is 3. The van der Waals surface area contributed by atoms with Crippen LogP contribution in [0.2, 0.25) is 0 Å². The molecule has 0 saturated heterocycles. The predicted molar refractivity (Wildman–Crippen MR) is 61.5 cm³/mol. The Bertz CT molecular complexity index is 481. The summed E-state index contributed by atoms with van der Waals surface area (Å²) in [6, 6.07) is 6.50. The molecule has 1 aromatic carbocycles. The number of aliphatic hydroxyl groups is 1. The van der Waals surface area contributed by atoms with Crippen LogP contribution >= 0.6 is 0 Å². The van der Waals surface area contributed by atoms with E-state index < -0.39 is 6.10 Å². The standard InChI is InChI=1S/C12H15FN2O/c13-9-3-1-4-10-8(9)7-11(15-10)12(16)5-2-6-14/h1,3-4,7,12,15-16H,2,5-6,14H2. The molecule has 1 unspecified atom stereocenters. The van der Waals surface area contributed by atoms with Crippen molar-refractivity contribution in [1.82, 2.24) is 4.98 Å². The average Bonchev–Trinajstić information content (AvgIpc) is 2.71. The Balaban J connectivity index is 2.29. The Hall–Kier alpha value is -1.39. The number of benzene rings is 1. The second-order valence-corrected chi connectivity index (χ2v) is 3.87. The van der Waals surface area contributed by atoms with Gasteiger partial charge in [-0.3, -0.25) is 0 Å². The SMILES string of the molecule is NCCCC(O)c1cc2c(F)cccc2[nH]1. The molecule has 0 aliphatic carbocycles. The van der Waals surface area contributed by atoms with Crippen LogP contribution in [-0.4, -0.2) is 16.6 Å². The van der Waals surface area contributed by atoms with E-state index in [1.165, 1.54) is 6.07 Å². The number of halogens is 1. The van der Waals surface area contributed by atoms with E-state index in [-0.39, 0.29) is 5.82 Å². The maximum Gasteiger partial charge on any atom is 0.132 e. The molecule has 2 rings (SSSR count). The quantitative estimate of drug-likeness (QED) is 0.741. The lowest BCUT2D eigenvalue weighted by Crippen LogP contribution is -2.03. The number of aromatic nitrogens is 1. The van der Waals surface area contributed by atoms with Gasteiger partial charge < -0.3 is 15.8 Å². The van der Waals surface area contributed by atoms with E-state index in [1.54, 1.807) is 18.2 Å². The van der Waals surface area contributed by atoms with Crippen molar-refractivity contribution in [1.29, 1.82) is 0 Å². The lowest BCUT2D eigenvalue weighted by molar-refractivity contribution is 0.161. The van der Waals surface area contributed by atoms with E-state index in [0.717, 1.165) is 6.42 Å². The highest BCUT2D eigenvalue weighted by atomic mass is 19.1. The fourth-order valence-corrected chi connectivity index (χ4v) is 1.79. The van der Waals surface area contributed by atoms with Gasteiger partial charge in [-0.2, -0.15) is 0 Å². The average molecular weight is 222 g/mol. The zero-order valence-electron chi connectivity index (χ0n) is 8.91. The van der Waals surface area contributed by atoms with Crippen LogP contribution in [0.4, 0.5) is 4.39 Å². The third-order valence-electron chi connectivity index (χ3n) is 2.67. The van der Waals surface area contributed by atoms with Crippen molar-refractivity contribution < 1.29 is 9.50 Å². The van der Waals surface area contributed by atoms with Crippen LogP contribution in [-0.2, 0) is 0 Å². The number of aromatic amines is 1. The maximum atomic E-state index is 13.4. The van der Waals surface area contributed by atoms with Crippen LogP contribution in [0.3, 0.4) is 0 Å². The molecule has 0 amide bonds. The Morgan fingerprint density at radius 1 is 1.44 bits per heavy atom. The van der Waals surface area contributed by atoms with Gasteiger partial charge >= 0.3 is 0 Å². The van der Waals surface area contributed by atoms with Gasteiger partial charge in [0, 0.05) is 16.6 Å². The van der Waals surface area contributed by atoms with Gasteiger partial charge in [-0.1, -0.05) is 6.07 Å². The summed E-state index contributed by atoms with van der Waals surface area (Å²) in [6.07, 6.45) is 0.736. The number of H-pyrrole nitrogens is 1. The summed E-state index contributed by atoms with van der Waals surface area (Å²) in [6.45, 7) is 0.547. The molecule has 1 atom stereocenters. The molecule has 0 aliphatic heterocycles. The van der Waals surface area contributed by atoms with Gasteiger partial charge in [0.15, 0.2) is 0 Å². The van der Waals surface area contributed by atoms with Crippen LogP contribution in [0.15, 0.2) is 24.3 Å². The molecular weight excluding hydrogens is 207 g/mol. The molecule has 1 aromatic heterocycles. The van der Waals surface area contributed by atoms with Gasteiger partial charge in [0.2, 0.25) is 0 Å². The normalized spacial score (nSPS) is 13.2. The highest BCUT2D eigenvalue weighted by molar-refractivity contribution is 5.81. The van der Waals surface area contributed by atoms with E-state index in [2.05, 4.69) is 4.98 Å². The van der Waals surface area contributed by atoms with Crippen molar-refractivity contribution in [2.75, 3.05) is 6.54 Å². The smallest absolute Gasteiger partial charge is 0.132 e. The fourth-order valence-electron chi connectivity index (χ4n) is 1.79. The van der Waals surface area contributed by atoms with Crippen LogP contribution in [0.25, 0.3) is 10.9 Å². The molecule has 0 radical (unpaired) electrons. The van der Waals surface area contributed by atoms with Crippen LogP contribution < -0.4 is 5.73 Å². The molecule has 4 heteroatoms. The van der Waals surface area contributed by atoms with Gasteiger partial charge in [0.1, 0.15) is 5.82 Å². The molecule has 86 valence electrons. The second kappa shape index (κ2) is 4.63. The van der Waals surface area contributed by atoms with Crippen molar-refractivity contribution in [3.8, 4) is 0 Å². The van der Waals surface area contributed by atoms with Gasteiger partial charge in [0.05, 0.1) is 6.10 Å². The zero-order chi connectivity index (χ0) is 11.5. The molecule has 0 spiro atoms. The molecule has 3 nitrogen and oxygen atoms in total. The highest BCUT2D eigenvalue weighted by Crippen LogP contribution is 2.24. The van der Waals surface area contributed by atoms with E-state index in [0.29, 0.717) is 29.6 Å². The van der Waals surface area contributed by atoms with Crippen LogP contribution in [0.5, 0.6) is 0 Å². The highest BCUT2D eigenvalue weighted by Gasteiger charge is 2.11. The Labute approximate surface area is 93.1 Å². The van der Waals surface area contributed by atoms with Crippen molar-refractivity contribution in [2.45, 2.75) is 18.9 Å². The molecule has 0 saturated carbocycles. The molecule has 0 fully saturated rings. The van der Waals surface area contributed by atoms with Gasteiger partial charge in [-0.15, -0.1) is 0 Å². The summed E-state index contributed by atoms with van der Waals surface area (Å²) in [7, 11) is 0. The first-order valence-corrected chi connectivity index (χ1v) is 5.37. The fraction of sp³-hybridized carbons (Fsp3) is 0.333. The first kappa shape index (κ1) is 11.1. The Morgan fingerprint density at radius 2 is 2.25 bits per heavy atom. The monoisotopic (exact) mass is 222 g/mol. The molecule has 0 bridgehead atoms. The Morgan fingerprint density at radius 3 is 2.94 bits per heavy atom. The minimum absolute atomic E-state index is 0.272. The minimum atomic E-state index is -0.602. The Kier molecular flexibility index (Phi) is 3.22. The maximum absolute atomic E-state index is 13.4. The topological polar surface area (TPSA) is 62.0 Å². The predicted octanol–water partition coefficient (Wildman–Crippen LogP) is 2.08. The third kappa shape index (κ3) is 2.08. The van der Waals surface area contributed by atoms with E-state index in [9.17, 15) is 9.50 Å². The summed E-state index contributed by atoms with van der Waals surface area (Å²) in [4.78, 5) is 3.01. The first-order valence-electron chi connectivity index (χ1n) is 5.37. The summed E-state index contributed by atoms with van der Waals surface area (Å²) in [5.41, 5.74) is 6.73. The lowest BCUT2D eigenvalue weighted by atomic mass is 10.1. The zero-order valence-corrected chi connectivity index (χ0v) is 8.91. The number of rotatable bonds is 4. The van der Waals surface area contributed by atoms with Gasteiger partial charge in [-0.25, -0.2) is 4.39 Å². The minimum Gasteiger partial charge on any atom is -0.387 e. The number of nitrogens with two attached hydrogens (primary N) is 1. The molecular formula is C12H15FN2O. The summed E-state index contributed by atoms with van der Waals surface area (Å²) >= 11 is 0. The molecule has 16 heavy (non-hydrogen) atoms. The van der Waals surface area contributed by atoms with Crippen molar-refractivity contribution in [3.05, 3.63) is 35.8 Å². The number of nitrogens with one attached hydrogen (secondary N) is 1. The summed E-state index contributed by atoms with van der Waals surface area (Å²) < 4.78 is 13.4. The number of fused-ring (bicyclic) bond motifs is 1. The van der Waals surface area contributed by atoms with Gasteiger partial charge in [0.25, 0.3) is 0 Å². The number of hydrogen-bond acceptors (Lipinski definition) is 2.